The van der Waals surface area contributed by atoms with Crippen LogP contribution in [0.2, 0.25) is 0 Å². The van der Waals surface area contributed by atoms with Gasteiger partial charge in [0.2, 0.25) is 11.8 Å². The highest BCUT2D eigenvalue weighted by Gasteiger charge is 2.37. The molecule has 7 rings (SSSR count). The molecule has 0 radical (unpaired) electrons. The SMILES string of the molecule is Cc1[nH]nc2c1C(c1ccc([N+](=O)[O-])cc1)c1c(nc(C)n3nc(Cc4cccc5ccccc45)nc13)O2. The number of rotatable bonds is 4. The summed E-state index contributed by atoms with van der Waals surface area (Å²) < 4.78 is 7.89. The summed E-state index contributed by atoms with van der Waals surface area (Å²) in [5.74, 6) is 1.79. The van der Waals surface area contributed by atoms with Crippen molar-refractivity contribution in [1.29, 1.82) is 0 Å². The highest BCUT2D eigenvalue weighted by Crippen LogP contribution is 2.48. The Bertz CT molecular complexity index is 1880. The van der Waals surface area contributed by atoms with Crippen LogP contribution in [-0.2, 0) is 6.42 Å². The molecule has 1 aliphatic heterocycles. The summed E-state index contributed by atoms with van der Waals surface area (Å²) in [6.07, 6.45) is 0.552. The number of H-pyrrole nitrogens is 1. The van der Waals surface area contributed by atoms with Crippen molar-refractivity contribution >= 4 is 22.1 Å². The Morgan fingerprint density at radius 2 is 1.76 bits per heavy atom. The number of nitrogens with one attached hydrogen (secondary N) is 1. The summed E-state index contributed by atoms with van der Waals surface area (Å²) in [5.41, 5.74) is 5.07. The smallest absolute Gasteiger partial charge is 0.269 e. The Hall–Kier alpha value is -5.12. The fourth-order valence-electron chi connectivity index (χ4n) is 5.32. The van der Waals surface area contributed by atoms with Crippen LogP contribution in [0.4, 0.5) is 5.69 Å². The molecule has 0 aliphatic carbocycles. The second-order valence-electron chi connectivity index (χ2n) is 9.41. The second kappa shape index (κ2) is 8.20. The molecule has 6 aromatic rings. The Morgan fingerprint density at radius 3 is 2.58 bits per heavy atom. The molecule has 0 saturated heterocycles. The number of non-ortho nitro benzene ring substituents is 1. The lowest BCUT2D eigenvalue weighted by Gasteiger charge is -2.25. The normalized spacial score (nSPS) is 14.3. The van der Waals surface area contributed by atoms with E-state index in [9.17, 15) is 10.1 Å². The highest BCUT2D eigenvalue weighted by atomic mass is 16.6. The minimum absolute atomic E-state index is 0.0252. The van der Waals surface area contributed by atoms with E-state index in [-0.39, 0.29) is 11.6 Å². The van der Waals surface area contributed by atoms with E-state index in [0.29, 0.717) is 35.5 Å². The van der Waals surface area contributed by atoms with Gasteiger partial charge in [-0.15, -0.1) is 10.2 Å². The molecule has 4 heterocycles. The fraction of sp³-hybridized carbons (Fsp3) is 0.143. The van der Waals surface area contributed by atoms with Gasteiger partial charge in [0.25, 0.3) is 5.69 Å². The van der Waals surface area contributed by atoms with E-state index in [0.717, 1.165) is 33.3 Å². The lowest BCUT2D eigenvalue weighted by atomic mass is 9.84. The zero-order valence-corrected chi connectivity index (χ0v) is 20.5. The predicted octanol–water partition coefficient (Wildman–Crippen LogP) is 5.40. The Labute approximate surface area is 216 Å². The topological polar surface area (TPSA) is 124 Å². The molecule has 10 nitrogen and oxygen atoms in total. The van der Waals surface area contributed by atoms with Crippen molar-refractivity contribution in [2.45, 2.75) is 26.2 Å². The van der Waals surface area contributed by atoms with Crippen LogP contribution in [0.5, 0.6) is 11.8 Å². The van der Waals surface area contributed by atoms with E-state index in [1.807, 2.05) is 32.0 Å². The van der Waals surface area contributed by atoms with Gasteiger partial charge < -0.3 is 4.74 Å². The molecule has 186 valence electrons. The number of hydrogen-bond donors (Lipinski definition) is 1. The number of nitrogens with zero attached hydrogens (tertiary/aromatic N) is 6. The number of ether oxygens (including phenoxy) is 1. The molecule has 1 unspecified atom stereocenters. The van der Waals surface area contributed by atoms with Gasteiger partial charge in [-0.3, -0.25) is 15.2 Å². The Morgan fingerprint density at radius 1 is 0.974 bits per heavy atom. The van der Waals surface area contributed by atoms with Crippen LogP contribution in [-0.4, -0.2) is 34.7 Å². The third kappa shape index (κ3) is 3.34. The van der Waals surface area contributed by atoms with Gasteiger partial charge in [0.05, 0.1) is 16.4 Å². The van der Waals surface area contributed by atoms with Crippen molar-refractivity contribution in [2.24, 2.45) is 0 Å². The van der Waals surface area contributed by atoms with E-state index in [2.05, 4.69) is 34.5 Å². The molecule has 3 aromatic heterocycles. The van der Waals surface area contributed by atoms with Crippen molar-refractivity contribution in [3.05, 3.63) is 116 Å². The number of aromatic amines is 1. The van der Waals surface area contributed by atoms with Gasteiger partial charge in [-0.25, -0.2) is 4.98 Å². The number of nitro groups is 1. The van der Waals surface area contributed by atoms with Crippen molar-refractivity contribution < 1.29 is 9.66 Å². The van der Waals surface area contributed by atoms with Gasteiger partial charge in [-0.1, -0.05) is 54.6 Å². The highest BCUT2D eigenvalue weighted by molar-refractivity contribution is 5.85. The minimum atomic E-state index is -0.405. The van der Waals surface area contributed by atoms with Crippen LogP contribution in [0.25, 0.3) is 16.4 Å². The summed E-state index contributed by atoms with van der Waals surface area (Å²) in [4.78, 5) is 20.6. The summed E-state index contributed by atoms with van der Waals surface area (Å²) in [6, 6.07) is 21.0. The lowest BCUT2D eigenvalue weighted by molar-refractivity contribution is -0.384. The Balaban J connectivity index is 1.41. The molecule has 0 saturated carbocycles. The average molecular weight is 504 g/mol. The molecule has 0 fully saturated rings. The molecule has 1 aliphatic rings. The first-order valence-corrected chi connectivity index (χ1v) is 12.2. The first-order valence-electron chi connectivity index (χ1n) is 12.2. The average Bonchev–Trinajstić information content (AvgIpc) is 3.52. The summed E-state index contributed by atoms with van der Waals surface area (Å²) in [5, 5.41) is 25.8. The van der Waals surface area contributed by atoms with Gasteiger partial charge in [-0.05, 0) is 35.7 Å². The van der Waals surface area contributed by atoms with E-state index >= 15 is 0 Å². The quantitative estimate of drug-likeness (QED) is 0.252. The van der Waals surface area contributed by atoms with Crippen LogP contribution in [0.15, 0.2) is 66.7 Å². The zero-order valence-electron chi connectivity index (χ0n) is 20.5. The first kappa shape index (κ1) is 22.1. The molecular weight excluding hydrogens is 482 g/mol. The molecule has 0 spiro atoms. The fourth-order valence-corrected chi connectivity index (χ4v) is 5.32. The Kier molecular flexibility index (Phi) is 4.77. The van der Waals surface area contributed by atoms with E-state index in [4.69, 9.17) is 19.8 Å². The number of aryl methyl sites for hydroxylation is 2. The second-order valence-corrected chi connectivity index (χ2v) is 9.41. The van der Waals surface area contributed by atoms with Crippen LogP contribution in [0, 0.1) is 24.0 Å². The number of nitro benzene ring substituents is 1. The molecule has 1 atom stereocenters. The van der Waals surface area contributed by atoms with Gasteiger partial charge in [0.15, 0.2) is 11.5 Å². The third-order valence-electron chi connectivity index (χ3n) is 7.09. The largest absolute Gasteiger partial charge is 0.418 e. The number of hydrogen-bond acceptors (Lipinski definition) is 7. The molecule has 38 heavy (non-hydrogen) atoms. The zero-order chi connectivity index (χ0) is 26.0. The summed E-state index contributed by atoms with van der Waals surface area (Å²) in [7, 11) is 0. The maximum atomic E-state index is 11.3. The van der Waals surface area contributed by atoms with Crippen molar-refractivity contribution in [2.75, 3.05) is 0 Å². The number of aromatic nitrogens is 6. The number of benzene rings is 3. The molecule has 0 amide bonds. The summed E-state index contributed by atoms with van der Waals surface area (Å²) >= 11 is 0. The van der Waals surface area contributed by atoms with Crippen molar-refractivity contribution in [1.82, 2.24) is 29.8 Å². The van der Waals surface area contributed by atoms with Crippen LogP contribution < -0.4 is 4.74 Å². The standard InChI is InChI=1S/C28H21N7O3/c1-15-23-24(18-10-12-20(13-11-18)35(36)37)25-26-30-22(14-19-8-5-7-17-6-3-4-9-21(17)19)33-34(26)16(2)29-27(25)38-28(23)32-31-15/h3-13,24H,14H2,1-2H3,(H,31,32). The van der Waals surface area contributed by atoms with E-state index in [1.165, 1.54) is 17.5 Å². The third-order valence-corrected chi connectivity index (χ3v) is 7.09. The van der Waals surface area contributed by atoms with Crippen LogP contribution in [0.3, 0.4) is 0 Å². The maximum absolute atomic E-state index is 11.3. The lowest BCUT2D eigenvalue weighted by Crippen LogP contribution is -2.16. The van der Waals surface area contributed by atoms with Gasteiger partial charge >= 0.3 is 0 Å². The molecule has 1 N–H and O–H groups in total. The van der Waals surface area contributed by atoms with Gasteiger partial charge in [-0.2, -0.15) is 9.50 Å². The molecule has 0 bridgehead atoms. The van der Waals surface area contributed by atoms with Gasteiger partial charge in [0.1, 0.15) is 5.82 Å². The van der Waals surface area contributed by atoms with Crippen LogP contribution in [0.1, 0.15) is 45.5 Å². The van der Waals surface area contributed by atoms with Crippen molar-refractivity contribution in [3.8, 4) is 11.8 Å². The summed E-state index contributed by atoms with van der Waals surface area (Å²) in [6.45, 7) is 3.78. The first-order chi connectivity index (χ1) is 18.5. The number of fused-ring (bicyclic) bond motifs is 5. The van der Waals surface area contributed by atoms with E-state index < -0.39 is 4.92 Å². The molecular formula is C28H21N7O3. The van der Waals surface area contributed by atoms with E-state index in [1.54, 1.807) is 16.6 Å². The van der Waals surface area contributed by atoms with Gasteiger partial charge in [0, 0.05) is 29.8 Å². The molecule has 3 aromatic carbocycles. The van der Waals surface area contributed by atoms with Crippen LogP contribution >= 0.6 is 0 Å². The van der Waals surface area contributed by atoms with Crippen molar-refractivity contribution in [3.63, 3.8) is 0 Å². The molecule has 10 heteroatoms. The minimum Gasteiger partial charge on any atom is -0.418 e. The monoisotopic (exact) mass is 503 g/mol. The maximum Gasteiger partial charge on any atom is 0.269 e. The predicted molar refractivity (Wildman–Crippen MR) is 140 cm³/mol.